The summed E-state index contributed by atoms with van der Waals surface area (Å²) in [4.78, 5) is 27.7. The molecule has 0 spiro atoms. The summed E-state index contributed by atoms with van der Waals surface area (Å²) >= 11 is 0. The van der Waals surface area contributed by atoms with E-state index in [1.54, 1.807) is 31.5 Å². The fourth-order valence-corrected chi connectivity index (χ4v) is 1.60. The molecule has 0 amide bonds. The molecule has 92 valence electrons. The Balaban J connectivity index is 2.84. The first-order chi connectivity index (χ1) is 8.20. The van der Waals surface area contributed by atoms with E-state index in [9.17, 15) is 9.59 Å². The molecule has 1 aromatic rings. The van der Waals surface area contributed by atoms with Crippen LogP contribution in [-0.4, -0.2) is 23.3 Å². The highest BCUT2D eigenvalue weighted by atomic mass is 16.5. The Hall–Kier alpha value is -1.71. The summed E-state index contributed by atoms with van der Waals surface area (Å²) in [5.74, 6) is -1.31. The van der Waals surface area contributed by atoms with Crippen LogP contribution in [0.25, 0.3) is 0 Å². The summed E-state index contributed by atoms with van der Waals surface area (Å²) in [5, 5.41) is 0. The topological polar surface area (TPSA) is 56.3 Å². The zero-order chi connectivity index (χ0) is 12.7. The van der Waals surface area contributed by atoms with E-state index in [0.29, 0.717) is 18.6 Å². The summed E-state index contributed by atoms with van der Waals surface area (Å²) in [5.41, 5.74) is 0.506. The summed E-state index contributed by atoms with van der Waals surface area (Å²) in [6, 6.07) is 3.23. The molecule has 1 unspecified atom stereocenters. The van der Waals surface area contributed by atoms with Gasteiger partial charge in [0, 0.05) is 18.0 Å². The number of ketones is 1. The first-order valence-corrected chi connectivity index (χ1v) is 5.81. The predicted octanol–water partition coefficient (Wildman–Crippen LogP) is 2.24. The number of hydrogen-bond acceptors (Lipinski definition) is 4. The van der Waals surface area contributed by atoms with E-state index < -0.39 is 11.9 Å². The van der Waals surface area contributed by atoms with Gasteiger partial charge in [0.05, 0.1) is 6.61 Å². The van der Waals surface area contributed by atoms with Gasteiger partial charge < -0.3 is 4.74 Å². The van der Waals surface area contributed by atoms with Gasteiger partial charge in [-0.3, -0.25) is 14.6 Å². The number of hydrogen-bond donors (Lipinski definition) is 0. The van der Waals surface area contributed by atoms with Crippen LogP contribution in [0.4, 0.5) is 0 Å². The Morgan fingerprint density at radius 3 is 2.47 bits per heavy atom. The molecule has 0 aliphatic heterocycles. The van der Waals surface area contributed by atoms with Crippen molar-refractivity contribution in [3.63, 3.8) is 0 Å². The maximum atomic E-state index is 12.1. The standard InChI is InChI=1S/C13H17NO3/c1-3-5-11(13(16)17-4-2)12(15)10-6-8-14-9-7-10/h6-9,11H,3-5H2,1-2H3. The van der Waals surface area contributed by atoms with Crippen molar-refractivity contribution < 1.29 is 14.3 Å². The molecule has 4 nitrogen and oxygen atoms in total. The zero-order valence-corrected chi connectivity index (χ0v) is 10.2. The van der Waals surface area contributed by atoms with Crippen molar-refractivity contribution in [2.24, 2.45) is 5.92 Å². The molecule has 1 atom stereocenters. The lowest BCUT2D eigenvalue weighted by molar-refractivity contribution is -0.146. The van der Waals surface area contributed by atoms with Crippen molar-refractivity contribution in [3.8, 4) is 0 Å². The van der Waals surface area contributed by atoms with Gasteiger partial charge in [0.25, 0.3) is 0 Å². The van der Waals surface area contributed by atoms with E-state index >= 15 is 0 Å². The maximum absolute atomic E-state index is 12.1. The lowest BCUT2D eigenvalue weighted by Gasteiger charge is -2.13. The predicted molar refractivity (Wildman–Crippen MR) is 63.6 cm³/mol. The SMILES string of the molecule is CCCC(C(=O)OCC)C(=O)c1ccncc1. The van der Waals surface area contributed by atoms with Crippen LogP contribution >= 0.6 is 0 Å². The van der Waals surface area contributed by atoms with Gasteiger partial charge in [-0.25, -0.2) is 0 Å². The van der Waals surface area contributed by atoms with Crippen LogP contribution < -0.4 is 0 Å². The lowest BCUT2D eigenvalue weighted by atomic mass is 9.94. The van der Waals surface area contributed by atoms with E-state index in [2.05, 4.69) is 4.98 Å². The van der Waals surface area contributed by atoms with Crippen LogP contribution in [0.5, 0.6) is 0 Å². The molecular formula is C13H17NO3. The first-order valence-electron chi connectivity index (χ1n) is 5.81. The summed E-state index contributed by atoms with van der Waals surface area (Å²) < 4.78 is 4.92. The number of rotatable bonds is 6. The molecule has 1 heterocycles. The van der Waals surface area contributed by atoms with Gasteiger partial charge in [-0.15, -0.1) is 0 Å². The van der Waals surface area contributed by atoms with Gasteiger partial charge in [-0.05, 0) is 25.5 Å². The molecule has 0 fully saturated rings. The minimum Gasteiger partial charge on any atom is -0.465 e. The zero-order valence-electron chi connectivity index (χ0n) is 10.2. The number of pyridine rings is 1. The largest absolute Gasteiger partial charge is 0.465 e. The Morgan fingerprint density at radius 1 is 1.29 bits per heavy atom. The highest BCUT2D eigenvalue weighted by molar-refractivity contribution is 6.08. The molecular weight excluding hydrogens is 218 g/mol. The Kier molecular flexibility index (Phi) is 5.33. The third-order valence-electron chi connectivity index (χ3n) is 2.43. The van der Waals surface area contributed by atoms with Crippen LogP contribution in [0.15, 0.2) is 24.5 Å². The van der Waals surface area contributed by atoms with Crippen LogP contribution in [0.3, 0.4) is 0 Å². The second-order valence-electron chi connectivity index (χ2n) is 3.69. The fraction of sp³-hybridized carbons (Fsp3) is 0.462. The minimum absolute atomic E-state index is 0.187. The third kappa shape index (κ3) is 3.66. The van der Waals surface area contributed by atoms with E-state index in [4.69, 9.17) is 4.74 Å². The average Bonchev–Trinajstić information content (AvgIpc) is 2.36. The van der Waals surface area contributed by atoms with Crippen LogP contribution in [-0.2, 0) is 9.53 Å². The number of Topliss-reactive ketones (excluding diaryl/α,β-unsaturated/α-hetero) is 1. The van der Waals surface area contributed by atoms with Crippen molar-refractivity contribution in [3.05, 3.63) is 30.1 Å². The van der Waals surface area contributed by atoms with Crippen LogP contribution in [0.1, 0.15) is 37.0 Å². The molecule has 1 aromatic heterocycles. The number of carbonyl (C=O) groups excluding carboxylic acids is 2. The molecule has 0 saturated heterocycles. The first kappa shape index (κ1) is 13.4. The van der Waals surface area contributed by atoms with Gasteiger partial charge in [0.2, 0.25) is 0 Å². The third-order valence-corrected chi connectivity index (χ3v) is 2.43. The van der Waals surface area contributed by atoms with Crippen molar-refractivity contribution in [1.82, 2.24) is 4.98 Å². The highest BCUT2D eigenvalue weighted by Gasteiger charge is 2.27. The normalized spacial score (nSPS) is 11.9. The quantitative estimate of drug-likeness (QED) is 0.431. The highest BCUT2D eigenvalue weighted by Crippen LogP contribution is 2.15. The van der Waals surface area contributed by atoms with Crippen molar-refractivity contribution in [2.75, 3.05) is 6.61 Å². The number of nitrogens with zero attached hydrogens (tertiary/aromatic N) is 1. The molecule has 0 bridgehead atoms. The second-order valence-corrected chi connectivity index (χ2v) is 3.69. The molecule has 0 aliphatic rings. The number of esters is 1. The smallest absolute Gasteiger partial charge is 0.316 e. The van der Waals surface area contributed by atoms with Gasteiger partial charge in [-0.1, -0.05) is 13.3 Å². The molecule has 0 N–H and O–H groups in total. The van der Waals surface area contributed by atoms with Crippen molar-refractivity contribution >= 4 is 11.8 Å². The van der Waals surface area contributed by atoms with Gasteiger partial charge in [-0.2, -0.15) is 0 Å². The molecule has 0 radical (unpaired) electrons. The Morgan fingerprint density at radius 2 is 1.94 bits per heavy atom. The molecule has 0 aliphatic carbocycles. The lowest BCUT2D eigenvalue weighted by Crippen LogP contribution is -2.26. The maximum Gasteiger partial charge on any atom is 0.316 e. The van der Waals surface area contributed by atoms with E-state index in [1.165, 1.54) is 0 Å². The van der Waals surface area contributed by atoms with Crippen molar-refractivity contribution in [2.45, 2.75) is 26.7 Å². The summed E-state index contributed by atoms with van der Waals surface area (Å²) in [6.07, 6.45) is 4.36. The average molecular weight is 235 g/mol. The summed E-state index contributed by atoms with van der Waals surface area (Å²) in [6.45, 7) is 3.96. The van der Waals surface area contributed by atoms with E-state index in [-0.39, 0.29) is 5.78 Å². The fourth-order valence-electron chi connectivity index (χ4n) is 1.60. The van der Waals surface area contributed by atoms with Crippen LogP contribution in [0.2, 0.25) is 0 Å². The van der Waals surface area contributed by atoms with Crippen LogP contribution in [0, 0.1) is 5.92 Å². The van der Waals surface area contributed by atoms with Gasteiger partial charge >= 0.3 is 5.97 Å². The minimum atomic E-state index is -0.692. The molecule has 1 rings (SSSR count). The molecule has 0 aromatic carbocycles. The number of aromatic nitrogens is 1. The Bertz CT molecular complexity index is 376. The van der Waals surface area contributed by atoms with Gasteiger partial charge in [0.15, 0.2) is 5.78 Å². The Labute approximate surface area is 101 Å². The second kappa shape index (κ2) is 6.78. The number of ether oxygens (including phenoxy) is 1. The summed E-state index contributed by atoms with van der Waals surface area (Å²) in [7, 11) is 0. The van der Waals surface area contributed by atoms with E-state index in [0.717, 1.165) is 6.42 Å². The number of carbonyl (C=O) groups is 2. The molecule has 4 heteroatoms. The van der Waals surface area contributed by atoms with E-state index in [1.807, 2.05) is 6.92 Å². The molecule has 17 heavy (non-hydrogen) atoms. The monoisotopic (exact) mass is 235 g/mol. The molecule has 0 saturated carbocycles. The van der Waals surface area contributed by atoms with Crippen molar-refractivity contribution in [1.29, 1.82) is 0 Å². The van der Waals surface area contributed by atoms with Gasteiger partial charge in [0.1, 0.15) is 5.92 Å².